The lowest BCUT2D eigenvalue weighted by Crippen LogP contribution is -2.40. The van der Waals surface area contributed by atoms with Crippen molar-refractivity contribution < 1.29 is 17.9 Å². The quantitative estimate of drug-likeness (QED) is 0.753. The van der Waals surface area contributed by atoms with Crippen LogP contribution in [-0.2, 0) is 10.0 Å². The van der Waals surface area contributed by atoms with Crippen molar-refractivity contribution in [2.45, 2.75) is 44.6 Å². The lowest BCUT2D eigenvalue weighted by Gasteiger charge is -2.20. The summed E-state index contributed by atoms with van der Waals surface area (Å²) in [6.07, 6.45) is 0.862. The Morgan fingerprint density at radius 2 is 1.67 bits per heavy atom. The first kappa shape index (κ1) is 20.9. The number of nitrogens with one attached hydrogen (secondary N) is 2. The average molecular weight is 391 g/mol. The number of hydrogen-bond acceptors (Lipinski definition) is 4. The molecule has 1 amide bonds. The van der Waals surface area contributed by atoms with Gasteiger partial charge in [0.15, 0.2) is 0 Å². The first-order valence-corrected chi connectivity index (χ1v) is 10.3. The molecule has 2 aromatic rings. The SMILES string of the molecule is CCCOc1ccccc1NC(=O)c1ccc(S(=O)(=O)NC(C)(C)C)cc1. The number of ether oxygens (including phenoxy) is 1. The fraction of sp³-hybridized carbons (Fsp3) is 0.350. The van der Waals surface area contributed by atoms with E-state index in [1.54, 1.807) is 32.9 Å². The van der Waals surface area contributed by atoms with E-state index in [1.165, 1.54) is 24.3 Å². The van der Waals surface area contributed by atoms with Gasteiger partial charge in [0.05, 0.1) is 17.2 Å². The standard InChI is InChI=1S/C20H26N2O4S/c1-5-14-26-18-9-7-6-8-17(18)21-19(23)15-10-12-16(13-11-15)27(24,25)22-20(2,3)4/h6-13,22H,5,14H2,1-4H3,(H,21,23). The lowest BCUT2D eigenvalue weighted by atomic mass is 10.1. The van der Waals surface area contributed by atoms with Gasteiger partial charge in [-0.15, -0.1) is 0 Å². The Labute approximate surface area is 161 Å². The zero-order valence-corrected chi connectivity index (χ0v) is 16.9. The minimum absolute atomic E-state index is 0.112. The van der Waals surface area contributed by atoms with Crippen LogP contribution in [0.4, 0.5) is 5.69 Å². The maximum atomic E-state index is 12.5. The normalized spacial score (nSPS) is 11.9. The summed E-state index contributed by atoms with van der Waals surface area (Å²) >= 11 is 0. The molecule has 0 saturated carbocycles. The van der Waals surface area contributed by atoms with Crippen molar-refractivity contribution in [3.8, 4) is 5.75 Å². The Bertz CT molecular complexity index is 885. The molecule has 0 aliphatic heterocycles. The summed E-state index contributed by atoms with van der Waals surface area (Å²) in [5, 5.41) is 2.80. The predicted octanol–water partition coefficient (Wildman–Crippen LogP) is 3.80. The zero-order valence-electron chi connectivity index (χ0n) is 16.1. The highest BCUT2D eigenvalue weighted by molar-refractivity contribution is 7.89. The summed E-state index contributed by atoms with van der Waals surface area (Å²) in [6, 6.07) is 13.0. The molecule has 0 bridgehead atoms. The van der Waals surface area contributed by atoms with Gasteiger partial charge in [0, 0.05) is 11.1 Å². The number of benzene rings is 2. The van der Waals surface area contributed by atoms with Crippen molar-refractivity contribution in [2.24, 2.45) is 0 Å². The molecule has 7 heteroatoms. The van der Waals surface area contributed by atoms with Crippen LogP contribution in [0.15, 0.2) is 53.4 Å². The van der Waals surface area contributed by atoms with Gasteiger partial charge in [-0.3, -0.25) is 4.79 Å². The van der Waals surface area contributed by atoms with Crippen LogP contribution < -0.4 is 14.8 Å². The molecule has 0 fully saturated rings. The number of para-hydroxylation sites is 2. The van der Waals surface area contributed by atoms with Crippen LogP contribution in [0.25, 0.3) is 0 Å². The Kier molecular flexibility index (Phi) is 6.62. The van der Waals surface area contributed by atoms with E-state index in [1.807, 2.05) is 19.1 Å². The molecule has 2 rings (SSSR count). The van der Waals surface area contributed by atoms with Crippen molar-refractivity contribution in [3.05, 3.63) is 54.1 Å². The Hall–Kier alpha value is -2.38. The number of anilines is 1. The van der Waals surface area contributed by atoms with Gasteiger partial charge >= 0.3 is 0 Å². The van der Waals surface area contributed by atoms with Gasteiger partial charge in [-0.25, -0.2) is 13.1 Å². The summed E-state index contributed by atoms with van der Waals surface area (Å²) < 4.78 is 32.9. The van der Waals surface area contributed by atoms with E-state index in [-0.39, 0.29) is 10.8 Å². The number of carbonyl (C=O) groups is 1. The molecule has 0 saturated heterocycles. The first-order valence-electron chi connectivity index (χ1n) is 8.79. The maximum absolute atomic E-state index is 12.5. The van der Waals surface area contributed by atoms with Crippen molar-refractivity contribution in [1.29, 1.82) is 0 Å². The molecule has 27 heavy (non-hydrogen) atoms. The molecule has 0 aromatic heterocycles. The lowest BCUT2D eigenvalue weighted by molar-refractivity contribution is 0.102. The summed E-state index contributed by atoms with van der Waals surface area (Å²) in [6.45, 7) is 7.87. The predicted molar refractivity (Wildman–Crippen MR) is 107 cm³/mol. The summed E-state index contributed by atoms with van der Waals surface area (Å²) in [5.41, 5.74) is 0.342. The second-order valence-electron chi connectivity index (χ2n) is 7.18. The molecule has 0 spiro atoms. The second-order valence-corrected chi connectivity index (χ2v) is 8.86. The first-order chi connectivity index (χ1) is 12.6. The van der Waals surface area contributed by atoms with Gasteiger partial charge in [-0.05, 0) is 63.6 Å². The highest BCUT2D eigenvalue weighted by atomic mass is 32.2. The highest BCUT2D eigenvalue weighted by Gasteiger charge is 2.22. The summed E-state index contributed by atoms with van der Waals surface area (Å²) in [4.78, 5) is 12.6. The Balaban J connectivity index is 2.15. The summed E-state index contributed by atoms with van der Waals surface area (Å²) in [7, 11) is -3.64. The molecular weight excluding hydrogens is 364 g/mol. The van der Waals surface area contributed by atoms with Crippen molar-refractivity contribution in [1.82, 2.24) is 4.72 Å². The number of carbonyl (C=O) groups excluding carboxylic acids is 1. The van der Waals surface area contributed by atoms with Crippen molar-refractivity contribution in [2.75, 3.05) is 11.9 Å². The van der Waals surface area contributed by atoms with Crippen LogP contribution in [0.3, 0.4) is 0 Å². The van der Waals surface area contributed by atoms with E-state index >= 15 is 0 Å². The van der Waals surface area contributed by atoms with Crippen LogP contribution >= 0.6 is 0 Å². The molecule has 0 heterocycles. The number of hydrogen-bond donors (Lipinski definition) is 2. The van der Waals surface area contributed by atoms with Crippen LogP contribution in [0.1, 0.15) is 44.5 Å². The molecule has 2 N–H and O–H groups in total. The molecular formula is C20H26N2O4S. The molecule has 2 aromatic carbocycles. The van der Waals surface area contributed by atoms with E-state index in [2.05, 4.69) is 10.0 Å². The largest absolute Gasteiger partial charge is 0.491 e. The maximum Gasteiger partial charge on any atom is 0.255 e. The number of rotatable bonds is 7. The Morgan fingerprint density at radius 1 is 1.04 bits per heavy atom. The Morgan fingerprint density at radius 3 is 2.26 bits per heavy atom. The van der Waals surface area contributed by atoms with Gasteiger partial charge in [-0.2, -0.15) is 0 Å². The van der Waals surface area contributed by atoms with Crippen LogP contribution in [-0.4, -0.2) is 26.5 Å². The van der Waals surface area contributed by atoms with E-state index in [0.29, 0.717) is 23.6 Å². The van der Waals surface area contributed by atoms with E-state index in [4.69, 9.17) is 4.74 Å². The molecule has 6 nitrogen and oxygen atoms in total. The second kappa shape index (κ2) is 8.54. The number of amides is 1. The van der Waals surface area contributed by atoms with E-state index < -0.39 is 15.6 Å². The van der Waals surface area contributed by atoms with Gasteiger partial charge < -0.3 is 10.1 Å². The molecule has 0 atom stereocenters. The topological polar surface area (TPSA) is 84.5 Å². The van der Waals surface area contributed by atoms with Crippen LogP contribution in [0.2, 0.25) is 0 Å². The highest BCUT2D eigenvalue weighted by Crippen LogP contribution is 2.24. The van der Waals surface area contributed by atoms with Crippen LogP contribution in [0.5, 0.6) is 5.75 Å². The molecule has 0 unspecified atom stereocenters. The van der Waals surface area contributed by atoms with Gasteiger partial charge in [0.25, 0.3) is 5.91 Å². The van der Waals surface area contributed by atoms with Crippen LogP contribution in [0, 0.1) is 0 Å². The van der Waals surface area contributed by atoms with Gasteiger partial charge in [0.2, 0.25) is 10.0 Å². The van der Waals surface area contributed by atoms with E-state index in [9.17, 15) is 13.2 Å². The fourth-order valence-corrected chi connectivity index (χ4v) is 3.77. The van der Waals surface area contributed by atoms with Crippen molar-refractivity contribution >= 4 is 21.6 Å². The minimum atomic E-state index is -3.64. The van der Waals surface area contributed by atoms with Gasteiger partial charge in [-0.1, -0.05) is 19.1 Å². The minimum Gasteiger partial charge on any atom is -0.491 e. The number of sulfonamides is 1. The fourth-order valence-electron chi connectivity index (χ4n) is 2.35. The van der Waals surface area contributed by atoms with E-state index in [0.717, 1.165) is 6.42 Å². The molecule has 0 aliphatic carbocycles. The summed E-state index contributed by atoms with van der Waals surface area (Å²) in [5.74, 6) is 0.261. The van der Waals surface area contributed by atoms with Gasteiger partial charge in [0.1, 0.15) is 5.75 Å². The average Bonchev–Trinajstić information content (AvgIpc) is 2.59. The van der Waals surface area contributed by atoms with Crippen molar-refractivity contribution in [3.63, 3.8) is 0 Å². The third kappa shape index (κ3) is 6.08. The third-order valence-corrected chi connectivity index (χ3v) is 5.24. The zero-order chi connectivity index (χ0) is 20.1. The molecule has 0 radical (unpaired) electrons. The third-order valence-electron chi connectivity index (χ3n) is 3.46. The monoisotopic (exact) mass is 390 g/mol. The molecule has 146 valence electrons. The smallest absolute Gasteiger partial charge is 0.255 e. The molecule has 0 aliphatic rings.